The summed E-state index contributed by atoms with van der Waals surface area (Å²) < 4.78 is 0. The number of nitrogens with one attached hydrogen (secondary N) is 1. The lowest BCUT2D eigenvalue weighted by Crippen LogP contribution is -2.47. The molecule has 0 saturated heterocycles. The molecule has 2 aromatic rings. The minimum absolute atomic E-state index is 0.0445. The molecule has 152 valence electrons. The van der Waals surface area contributed by atoms with Crippen molar-refractivity contribution in [2.24, 2.45) is 5.92 Å². The molecular formula is C22H31N3O3. The zero-order valence-corrected chi connectivity index (χ0v) is 17.0. The Morgan fingerprint density at radius 1 is 1.25 bits per heavy atom. The molecule has 0 spiro atoms. The molecule has 2 aliphatic rings. The topological polar surface area (TPSA) is 79.8 Å². The fraction of sp³-hybridized carbons (Fsp3) is 0.500. The largest absolute Gasteiger partial charge is 0.394 e. The van der Waals surface area contributed by atoms with E-state index in [0.717, 1.165) is 26.1 Å². The summed E-state index contributed by atoms with van der Waals surface area (Å²) in [7, 11) is 2.15. The highest BCUT2D eigenvalue weighted by Gasteiger charge is 2.36. The molecule has 0 saturated carbocycles. The molecule has 0 bridgehead atoms. The van der Waals surface area contributed by atoms with E-state index >= 15 is 0 Å². The third kappa shape index (κ3) is 3.72. The molecule has 2 heterocycles. The lowest BCUT2D eigenvalue weighted by atomic mass is 9.79. The molecule has 28 heavy (non-hydrogen) atoms. The van der Waals surface area contributed by atoms with Crippen LogP contribution in [0.2, 0.25) is 0 Å². The number of hydrogen-bond donors (Lipinski definition) is 3. The summed E-state index contributed by atoms with van der Waals surface area (Å²) in [5, 5.41) is 16.6. The average molecular weight is 386 g/mol. The molecule has 1 aromatic carbocycles. The number of aromatic nitrogens is 1. The summed E-state index contributed by atoms with van der Waals surface area (Å²) in [5.41, 5.74) is 5.21. The molecular weight excluding hydrogens is 354 g/mol. The van der Waals surface area contributed by atoms with Crippen molar-refractivity contribution in [1.29, 1.82) is 0 Å². The van der Waals surface area contributed by atoms with E-state index in [4.69, 9.17) is 10.2 Å². The first kappa shape index (κ1) is 20.6. The first-order chi connectivity index (χ1) is 13.5. The van der Waals surface area contributed by atoms with Crippen LogP contribution in [0.1, 0.15) is 25.0 Å². The number of rotatable bonds is 4. The summed E-state index contributed by atoms with van der Waals surface area (Å²) in [6, 6.07) is 6.82. The number of H-pyrrole nitrogens is 1. The normalized spacial score (nSPS) is 20.8. The molecule has 0 fully saturated rings. The highest BCUT2D eigenvalue weighted by molar-refractivity contribution is 5.99. The molecule has 1 aromatic heterocycles. The maximum absolute atomic E-state index is 12.9. The summed E-state index contributed by atoms with van der Waals surface area (Å²) >= 11 is 0. The van der Waals surface area contributed by atoms with E-state index in [1.54, 1.807) is 0 Å². The predicted molar refractivity (Wildman–Crippen MR) is 112 cm³/mol. The quantitative estimate of drug-likeness (QED) is 0.751. The monoisotopic (exact) mass is 385 g/mol. The Morgan fingerprint density at radius 2 is 1.96 bits per heavy atom. The van der Waals surface area contributed by atoms with Crippen LogP contribution < -0.4 is 0 Å². The molecule has 6 nitrogen and oxygen atoms in total. The number of carbonyl (C=O) groups is 1. The third-order valence-corrected chi connectivity index (χ3v) is 5.76. The van der Waals surface area contributed by atoms with Crippen molar-refractivity contribution in [3.8, 4) is 0 Å². The summed E-state index contributed by atoms with van der Waals surface area (Å²) in [6.45, 7) is 6.22. The number of carbonyl (C=O) groups excluding carboxylic acids is 1. The highest BCUT2D eigenvalue weighted by Crippen LogP contribution is 2.40. The van der Waals surface area contributed by atoms with Gasteiger partial charge in [-0.15, -0.1) is 0 Å². The number of benzene rings is 1. The number of amides is 1. The van der Waals surface area contributed by atoms with Crippen LogP contribution in [0.4, 0.5) is 0 Å². The van der Waals surface area contributed by atoms with Gasteiger partial charge < -0.3 is 20.1 Å². The first-order valence-corrected chi connectivity index (χ1v) is 10.1. The van der Waals surface area contributed by atoms with Crippen LogP contribution in [0.15, 0.2) is 30.5 Å². The number of hydrogen-bond acceptors (Lipinski definition) is 4. The van der Waals surface area contributed by atoms with Crippen LogP contribution in [0.5, 0.6) is 0 Å². The van der Waals surface area contributed by atoms with Crippen molar-refractivity contribution in [1.82, 2.24) is 14.8 Å². The maximum atomic E-state index is 12.9. The lowest BCUT2D eigenvalue weighted by Gasteiger charge is -2.40. The van der Waals surface area contributed by atoms with Crippen LogP contribution in [0.25, 0.3) is 16.5 Å². The van der Waals surface area contributed by atoms with Gasteiger partial charge in [-0.3, -0.25) is 9.69 Å². The fourth-order valence-electron chi connectivity index (χ4n) is 4.38. The van der Waals surface area contributed by atoms with Gasteiger partial charge in [0.25, 0.3) is 0 Å². The second kappa shape index (κ2) is 8.90. The Labute approximate surface area is 166 Å². The molecule has 4 rings (SSSR count). The zero-order chi connectivity index (χ0) is 20.3. The zero-order valence-electron chi connectivity index (χ0n) is 17.0. The number of likely N-dealkylation sites (N-methyl/N-ethyl adjacent to an activating group) is 1. The fourth-order valence-corrected chi connectivity index (χ4v) is 4.38. The second-order valence-corrected chi connectivity index (χ2v) is 7.39. The number of aliphatic hydroxyl groups is 2. The van der Waals surface area contributed by atoms with Crippen molar-refractivity contribution in [3.63, 3.8) is 0 Å². The van der Waals surface area contributed by atoms with Crippen molar-refractivity contribution >= 4 is 22.4 Å². The van der Waals surface area contributed by atoms with Gasteiger partial charge in [-0.2, -0.15) is 0 Å². The molecule has 1 aliphatic carbocycles. The first-order valence-electron chi connectivity index (χ1n) is 10.1. The Bertz CT molecular complexity index is 852. The van der Waals surface area contributed by atoms with Crippen LogP contribution >= 0.6 is 0 Å². The van der Waals surface area contributed by atoms with E-state index in [2.05, 4.69) is 61.3 Å². The van der Waals surface area contributed by atoms with Crippen LogP contribution in [0, 0.1) is 5.92 Å². The van der Waals surface area contributed by atoms with Gasteiger partial charge in [0.05, 0.1) is 19.1 Å². The van der Waals surface area contributed by atoms with Gasteiger partial charge in [0, 0.05) is 42.8 Å². The van der Waals surface area contributed by atoms with E-state index in [1.165, 1.54) is 27.6 Å². The van der Waals surface area contributed by atoms with Gasteiger partial charge in [0.15, 0.2) is 0 Å². The van der Waals surface area contributed by atoms with Gasteiger partial charge in [0.1, 0.15) is 0 Å². The van der Waals surface area contributed by atoms with Gasteiger partial charge in [-0.05, 0) is 50.1 Å². The second-order valence-electron chi connectivity index (χ2n) is 7.39. The molecule has 0 unspecified atom stereocenters. The van der Waals surface area contributed by atoms with E-state index in [1.807, 2.05) is 4.90 Å². The van der Waals surface area contributed by atoms with Crippen LogP contribution in [-0.2, 0) is 11.2 Å². The molecule has 0 radical (unpaired) electrons. The number of aliphatic hydroxyl groups excluding tert-OH is 2. The average Bonchev–Trinajstić information content (AvgIpc) is 3.14. The summed E-state index contributed by atoms with van der Waals surface area (Å²) in [5.74, 6) is 0.210. The van der Waals surface area contributed by atoms with Gasteiger partial charge in [-0.25, -0.2) is 0 Å². The number of fused-ring (bicyclic) bond motifs is 2. The van der Waals surface area contributed by atoms with E-state index in [0.29, 0.717) is 6.04 Å². The Kier molecular flexibility index (Phi) is 6.54. The lowest BCUT2D eigenvalue weighted by molar-refractivity contribution is -0.134. The van der Waals surface area contributed by atoms with Gasteiger partial charge in [-0.1, -0.05) is 18.2 Å². The minimum Gasteiger partial charge on any atom is -0.394 e. The molecule has 1 amide bonds. The van der Waals surface area contributed by atoms with E-state index < -0.39 is 0 Å². The van der Waals surface area contributed by atoms with Crippen LogP contribution in [0.3, 0.4) is 0 Å². The maximum Gasteiger partial charge on any atom is 0.230 e. The molecule has 6 heteroatoms. The smallest absolute Gasteiger partial charge is 0.230 e. The van der Waals surface area contributed by atoms with Gasteiger partial charge >= 0.3 is 0 Å². The molecule has 3 N–H and O–H groups in total. The Morgan fingerprint density at radius 3 is 2.61 bits per heavy atom. The van der Waals surface area contributed by atoms with Crippen molar-refractivity contribution in [3.05, 3.63) is 41.6 Å². The van der Waals surface area contributed by atoms with Crippen molar-refractivity contribution in [2.75, 3.05) is 39.9 Å². The van der Waals surface area contributed by atoms with Crippen LogP contribution in [-0.4, -0.2) is 76.8 Å². The summed E-state index contributed by atoms with van der Waals surface area (Å²) in [4.78, 5) is 20.6. The molecule has 2 atom stereocenters. The van der Waals surface area contributed by atoms with Crippen molar-refractivity contribution in [2.45, 2.75) is 26.3 Å². The SMILES string of the molecule is CCN(CC)C(=O)[C@@H]1C=C2c3cccc4[nH]cc(c34)C[C@H]2N(C)C1.OCCO. The van der Waals surface area contributed by atoms with Gasteiger partial charge in [0.2, 0.25) is 5.91 Å². The number of aromatic amines is 1. The highest BCUT2D eigenvalue weighted by atomic mass is 16.3. The summed E-state index contributed by atoms with van der Waals surface area (Å²) in [6.07, 6.45) is 5.41. The Balaban J connectivity index is 0.000000516. The standard InChI is InChI=1S/C20H25N3O.C2H6O2/c1-4-23(5-2)20(24)14-9-16-15-7-6-8-17-19(15)13(11-21-17)10-18(16)22(3)12-14;3-1-2-4/h6-9,11,14,18,21H,4-5,10,12H2,1-3H3;3-4H,1-2H2/t14-,18-;/m1./s1. The third-order valence-electron chi connectivity index (χ3n) is 5.76. The minimum atomic E-state index is -0.125. The van der Waals surface area contributed by atoms with Crippen molar-refractivity contribution < 1.29 is 15.0 Å². The molecule has 1 aliphatic heterocycles. The number of nitrogens with zero attached hydrogens (tertiary/aromatic N) is 2. The van der Waals surface area contributed by atoms with E-state index in [9.17, 15) is 4.79 Å². The predicted octanol–water partition coefficient (Wildman–Crippen LogP) is 1.88. The van der Waals surface area contributed by atoms with E-state index in [-0.39, 0.29) is 25.0 Å². The Hall–Kier alpha value is -2.15.